The summed E-state index contributed by atoms with van der Waals surface area (Å²) in [7, 11) is 1.66. The first-order valence-corrected chi connectivity index (χ1v) is 4.19. The predicted octanol–water partition coefficient (Wildman–Crippen LogP) is 1.30. The topological polar surface area (TPSA) is 18.5 Å². The van der Waals surface area contributed by atoms with Gasteiger partial charge in [0.15, 0.2) is 0 Å². The number of ether oxygens (including phenoxy) is 1. The molecule has 11 heavy (non-hydrogen) atoms. The fraction of sp³-hybridized carbons (Fsp3) is 0.250. The van der Waals surface area contributed by atoms with E-state index in [2.05, 4.69) is 0 Å². The Morgan fingerprint density at radius 3 is 2.36 bits per heavy atom. The monoisotopic (exact) mass is 267 g/mol. The molecule has 0 fully saturated rings. The van der Waals surface area contributed by atoms with Gasteiger partial charge in [-0.2, -0.15) is 0 Å². The molecule has 0 atom stereocenters. The summed E-state index contributed by atoms with van der Waals surface area (Å²) in [5.74, 6) is 0.880. The van der Waals surface area contributed by atoms with Gasteiger partial charge in [-0.25, -0.2) is 0 Å². The molecule has 3 heteroatoms. The van der Waals surface area contributed by atoms with E-state index in [4.69, 9.17) is 7.84 Å². The van der Waals surface area contributed by atoms with Crippen molar-refractivity contribution >= 4 is 22.7 Å². The summed E-state index contributed by atoms with van der Waals surface area (Å²) in [4.78, 5) is 0. The molecule has 0 unspecified atom stereocenters. The molecule has 0 aliphatic rings. The maximum absolute atomic E-state index is 5.01. The summed E-state index contributed by atoms with van der Waals surface area (Å²) in [6.07, 6.45) is 0. The van der Waals surface area contributed by atoms with Crippen molar-refractivity contribution in [1.82, 2.24) is 0 Å². The van der Waals surface area contributed by atoms with E-state index >= 15 is 0 Å². The Kier molecular flexibility index (Phi) is 3.71. The molecule has 0 amide bonds. The van der Waals surface area contributed by atoms with E-state index in [0.29, 0.717) is 6.61 Å². The molecule has 0 aliphatic heterocycles. The molecule has 1 radical (unpaired) electrons. The molecule has 0 aromatic heterocycles. The molecule has 0 aliphatic carbocycles. The minimum atomic E-state index is 0.661. The SMILES string of the molecule is COc1ccc(CO[Te])cc1. The van der Waals surface area contributed by atoms with Crippen molar-refractivity contribution in [2.45, 2.75) is 6.61 Å². The van der Waals surface area contributed by atoms with Crippen molar-refractivity contribution in [3.8, 4) is 5.75 Å². The molecule has 1 aromatic carbocycles. The maximum atomic E-state index is 5.01. The Bertz CT molecular complexity index is 208. The van der Waals surface area contributed by atoms with Crippen LogP contribution in [-0.4, -0.2) is 29.8 Å². The second-order valence-corrected chi connectivity index (χ2v) is 2.78. The average molecular weight is 265 g/mol. The van der Waals surface area contributed by atoms with Crippen molar-refractivity contribution in [2.75, 3.05) is 7.11 Å². The van der Waals surface area contributed by atoms with Gasteiger partial charge in [0.2, 0.25) is 0 Å². The third-order valence-electron chi connectivity index (χ3n) is 1.38. The zero-order valence-electron chi connectivity index (χ0n) is 6.24. The van der Waals surface area contributed by atoms with Gasteiger partial charge < -0.3 is 0 Å². The number of hydrogen-bond donors (Lipinski definition) is 0. The normalized spacial score (nSPS) is 9.64. The minimum absolute atomic E-state index is 0.661. The summed E-state index contributed by atoms with van der Waals surface area (Å²) >= 11 is 1.62. The van der Waals surface area contributed by atoms with Crippen molar-refractivity contribution in [3.05, 3.63) is 29.8 Å². The van der Waals surface area contributed by atoms with Gasteiger partial charge in [0, 0.05) is 0 Å². The zero-order chi connectivity index (χ0) is 8.10. The van der Waals surface area contributed by atoms with Crippen LogP contribution in [0.2, 0.25) is 0 Å². The van der Waals surface area contributed by atoms with E-state index in [1.54, 1.807) is 29.8 Å². The fourth-order valence-electron chi connectivity index (χ4n) is 0.790. The van der Waals surface area contributed by atoms with Gasteiger partial charge in [0.05, 0.1) is 0 Å². The molecule has 1 rings (SSSR count). The Hall–Kier alpha value is -0.230. The van der Waals surface area contributed by atoms with Crippen LogP contribution in [0, 0.1) is 0 Å². The van der Waals surface area contributed by atoms with Crippen molar-refractivity contribution in [3.63, 3.8) is 0 Å². The number of rotatable bonds is 3. The van der Waals surface area contributed by atoms with Gasteiger partial charge in [0.1, 0.15) is 0 Å². The summed E-state index contributed by atoms with van der Waals surface area (Å²) < 4.78 is 9.98. The molecule has 1 aromatic rings. The van der Waals surface area contributed by atoms with Gasteiger partial charge in [0.25, 0.3) is 0 Å². The van der Waals surface area contributed by atoms with Crippen molar-refractivity contribution in [2.24, 2.45) is 0 Å². The molecule has 0 heterocycles. The van der Waals surface area contributed by atoms with Gasteiger partial charge in [-0.3, -0.25) is 0 Å². The van der Waals surface area contributed by atoms with Crippen LogP contribution in [0.3, 0.4) is 0 Å². The van der Waals surface area contributed by atoms with E-state index in [1.165, 1.54) is 0 Å². The van der Waals surface area contributed by atoms with E-state index in [9.17, 15) is 0 Å². The van der Waals surface area contributed by atoms with Crippen molar-refractivity contribution in [1.29, 1.82) is 0 Å². The van der Waals surface area contributed by atoms with Gasteiger partial charge in [-0.15, -0.1) is 0 Å². The Morgan fingerprint density at radius 2 is 1.91 bits per heavy atom. The van der Waals surface area contributed by atoms with Crippen LogP contribution in [0.15, 0.2) is 24.3 Å². The van der Waals surface area contributed by atoms with E-state index < -0.39 is 0 Å². The summed E-state index contributed by atoms with van der Waals surface area (Å²) in [5, 5.41) is 0. The number of benzene rings is 1. The number of methoxy groups -OCH3 is 1. The Labute approximate surface area is 80.0 Å². The Balaban J connectivity index is 2.66. The number of hydrogen-bond acceptors (Lipinski definition) is 2. The van der Waals surface area contributed by atoms with Crippen LogP contribution in [0.25, 0.3) is 0 Å². The molecule has 0 saturated carbocycles. The molecule has 0 bridgehead atoms. The van der Waals surface area contributed by atoms with Crippen molar-refractivity contribution < 1.29 is 7.84 Å². The van der Waals surface area contributed by atoms with E-state index in [0.717, 1.165) is 11.3 Å². The van der Waals surface area contributed by atoms with Crippen LogP contribution in [0.5, 0.6) is 5.75 Å². The quantitative estimate of drug-likeness (QED) is 0.766. The average Bonchev–Trinajstić information content (AvgIpc) is 2.07. The summed E-state index contributed by atoms with van der Waals surface area (Å²) in [6.45, 7) is 0.661. The standard InChI is InChI=1S/C8H9O2Te/c1-9-8-4-2-7(3-5-8)6-10-11/h2-5H,6H2,1H3. The first kappa shape index (κ1) is 8.86. The molecule has 59 valence electrons. The zero-order valence-corrected chi connectivity index (χ0v) is 8.57. The third-order valence-corrected chi connectivity index (χ3v) is 1.72. The van der Waals surface area contributed by atoms with Crippen LogP contribution in [0.4, 0.5) is 0 Å². The van der Waals surface area contributed by atoms with Crippen LogP contribution >= 0.6 is 0 Å². The second kappa shape index (κ2) is 4.61. The Morgan fingerprint density at radius 1 is 1.27 bits per heavy atom. The molecular formula is C8H9O2Te. The van der Waals surface area contributed by atoms with Crippen LogP contribution < -0.4 is 4.74 Å². The first-order chi connectivity index (χ1) is 5.36. The second-order valence-electron chi connectivity index (χ2n) is 2.11. The fourth-order valence-corrected chi connectivity index (χ4v) is 1.18. The van der Waals surface area contributed by atoms with Gasteiger partial charge in [-0.1, -0.05) is 0 Å². The third kappa shape index (κ3) is 2.70. The van der Waals surface area contributed by atoms with Crippen LogP contribution in [0.1, 0.15) is 5.56 Å². The molecular weight excluding hydrogens is 256 g/mol. The molecule has 2 nitrogen and oxygen atoms in total. The van der Waals surface area contributed by atoms with Gasteiger partial charge in [-0.05, 0) is 0 Å². The summed E-state index contributed by atoms with van der Waals surface area (Å²) in [5.41, 5.74) is 1.16. The van der Waals surface area contributed by atoms with E-state index in [-0.39, 0.29) is 0 Å². The van der Waals surface area contributed by atoms with Crippen LogP contribution in [-0.2, 0) is 9.71 Å². The molecule has 0 spiro atoms. The summed E-state index contributed by atoms with van der Waals surface area (Å²) in [6, 6.07) is 7.83. The molecule has 0 N–H and O–H groups in total. The van der Waals surface area contributed by atoms with Gasteiger partial charge >= 0.3 is 79.8 Å². The molecule has 0 saturated heterocycles. The first-order valence-electron chi connectivity index (χ1n) is 3.24. The van der Waals surface area contributed by atoms with E-state index in [1.807, 2.05) is 24.3 Å². The predicted molar refractivity (Wildman–Crippen MR) is 43.5 cm³/mol.